The molecule has 1 aromatic rings. The number of aliphatic hydroxyl groups is 1. The van der Waals surface area contributed by atoms with Crippen LogP contribution in [0.2, 0.25) is 0 Å². The number of hydrogen-bond donors (Lipinski definition) is 4. The average molecular weight is 292 g/mol. The van der Waals surface area contributed by atoms with Gasteiger partial charge < -0.3 is 15.7 Å². The molecule has 1 aliphatic heterocycles. The SMILES string of the molecule is O=C(NCC1(CCO)CCCC1)c1n[nH]c2c1CNCC2. The molecule has 116 valence electrons. The first-order chi connectivity index (χ1) is 10.2. The summed E-state index contributed by atoms with van der Waals surface area (Å²) in [6.07, 6.45) is 6.23. The van der Waals surface area contributed by atoms with Crippen LogP contribution < -0.4 is 10.6 Å². The fraction of sp³-hybridized carbons (Fsp3) is 0.733. The van der Waals surface area contributed by atoms with Crippen molar-refractivity contribution in [2.24, 2.45) is 5.41 Å². The first kappa shape index (κ1) is 14.5. The van der Waals surface area contributed by atoms with Crippen LogP contribution in [0.1, 0.15) is 53.8 Å². The second-order valence-electron chi connectivity index (χ2n) is 6.32. The van der Waals surface area contributed by atoms with E-state index < -0.39 is 0 Å². The Hall–Kier alpha value is -1.40. The summed E-state index contributed by atoms with van der Waals surface area (Å²) in [6, 6.07) is 0. The highest BCUT2D eigenvalue weighted by Crippen LogP contribution is 2.40. The Kier molecular flexibility index (Phi) is 4.26. The topological polar surface area (TPSA) is 90.0 Å². The van der Waals surface area contributed by atoms with Crippen molar-refractivity contribution in [1.82, 2.24) is 20.8 Å². The summed E-state index contributed by atoms with van der Waals surface area (Å²) >= 11 is 0. The Morgan fingerprint density at radius 3 is 2.95 bits per heavy atom. The summed E-state index contributed by atoms with van der Waals surface area (Å²) in [5, 5.41) is 22.7. The molecule has 0 radical (unpaired) electrons. The summed E-state index contributed by atoms with van der Waals surface area (Å²) in [4.78, 5) is 12.4. The smallest absolute Gasteiger partial charge is 0.272 e. The number of carbonyl (C=O) groups excluding carboxylic acids is 1. The van der Waals surface area contributed by atoms with Crippen molar-refractivity contribution in [3.05, 3.63) is 17.0 Å². The lowest BCUT2D eigenvalue weighted by molar-refractivity contribution is 0.0910. The minimum Gasteiger partial charge on any atom is -0.396 e. The third kappa shape index (κ3) is 2.96. The number of carbonyl (C=O) groups is 1. The third-order valence-corrected chi connectivity index (χ3v) is 4.95. The summed E-state index contributed by atoms with van der Waals surface area (Å²) in [6.45, 7) is 2.46. The van der Waals surface area contributed by atoms with E-state index in [1.165, 1.54) is 12.8 Å². The van der Waals surface area contributed by atoms with E-state index in [0.29, 0.717) is 18.8 Å². The van der Waals surface area contributed by atoms with Gasteiger partial charge in [0.15, 0.2) is 5.69 Å². The van der Waals surface area contributed by atoms with Crippen LogP contribution >= 0.6 is 0 Å². The van der Waals surface area contributed by atoms with Crippen LogP contribution in [0.4, 0.5) is 0 Å². The van der Waals surface area contributed by atoms with Crippen LogP contribution in [-0.2, 0) is 13.0 Å². The van der Waals surface area contributed by atoms with Crippen LogP contribution in [-0.4, -0.2) is 40.9 Å². The van der Waals surface area contributed by atoms with Gasteiger partial charge in [0, 0.05) is 43.9 Å². The zero-order chi connectivity index (χ0) is 14.7. The van der Waals surface area contributed by atoms with E-state index >= 15 is 0 Å². The number of nitrogens with one attached hydrogen (secondary N) is 3. The summed E-state index contributed by atoms with van der Waals surface area (Å²) < 4.78 is 0. The fourth-order valence-corrected chi connectivity index (χ4v) is 3.64. The number of hydrogen-bond acceptors (Lipinski definition) is 4. The molecule has 0 spiro atoms. The highest BCUT2D eigenvalue weighted by atomic mass is 16.3. The predicted octanol–water partition coefficient (Wildman–Crippen LogP) is 0.728. The highest BCUT2D eigenvalue weighted by molar-refractivity contribution is 5.94. The van der Waals surface area contributed by atoms with Gasteiger partial charge in [-0.2, -0.15) is 5.10 Å². The van der Waals surface area contributed by atoms with Gasteiger partial charge in [0.25, 0.3) is 5.91 Å². The molecular weight excluding hydrogens is 268 g/mol. The molecule has 1 aliphatic carbocycles. The number of aromatic nitrogens is 2. The maximum absolute atomic E-state index is 12.4. The largest absolute Gasteiger partial charge is 0.396 e. The zero-order valence-electron chi connectivity index (χ0n) is 12.4. The number of amides is 1. The van der Waals surface area contributed by atoms with Crippen LogP contribution in [0.5, 0.6) is 0 Å². The summed E-state index contributed by atoms with van der Waals surface area (Å²) in [5.74, 6) is -0.0968. The van der Waals surface area contributed by atoms with Crippen molar-refractivity contribution in [2.75, 3.05) is 19.7 Å². The van der Waals surface area contributed by atoms with Crippen molar-refractivity contribution < 1.29 is 9.90 Å². The molecule has 2 heterocycles. The molecule has 21 heavy (non-hydrogen) atoms. The van der Waals surface area contributed by atoms with Gasteiger partial charge in [0.05, 0.1) is 0 Å². The molecule has 0 saturated heterocycles. The van der Waals surface area contributed by atoms with Crippen LogP contribution in [0.3, 0.4) is 0 Å². The quantitative estimate of drug-likeness (QED) is 0.644. The van der Waals surface area contributed by atoms with Gasteiger partial charge in [-0.15, -0.1) is 0 Å². The van der Waals surface area contributed by atoms with Crippen molar-refractivity contribution in [3.63, 3.8) is 0 Å². The lowest BCUT2D eigenvalue weighted by Gasteiger charge is -2.28. The number of nitrogens with zero attached hydrogens (tertiary/aromatic N) is 1. The minimum absolute atomic E-state index is 0.0824. The van der Waals surface area contributed by atoms with Gasteiger partial charge in [-0.05, 0) is 24.7 Å². The van der Waals surface area contributed by atoms with Gasteiger partial charge in [0.1, 0.15) is 0 Å². The highest BCUT2D eigenvalue weighted by Gasteiger charge is 2.34. The molecule has 1 aromatic heterocycles. The van der Waals surface area contributed by atoms with E-state index in [-0.39, 0.29) is 17.9 Å². The Labute approximate surface area is 124 Å². The van der Waals surface area contributed by atoms with Gasteiger partial charge in [-0.1, -0.05) is 12.8 Å². The normalized spacial score (nSPS) is 20.2. The standard InChI is InChI=1S/C15H24N4O2/c20-8-6-15(4-1-2-5-15)10-17-14(21)13-11-9-16-7-3-12(11)18-19-13/h16,20H,1-10H2,(H,17,21)(H,18,19). The van der Waals surface area contributed by atoms with Crippen LogP contribution in [0, 0.1) is 5.41 Å². The van der Waals surface area contributed by atoms with Crippen LogP contribution in [0.15, 0.2) is 0 Å². The summed E-state index contributed by atoms with van der Waals surface area (Å²) in [7, 11) is 0. The first-order valence-electron chi connectivity index (χ1n) is 7.90. The van der Waals surface area contributed by atoms with Crippen molar-refractivity contribution in [3.8, 4) is 0 Å². The molecule has 1 saturated carbocycles. The molecule has 2 aliphatic rings. The lowest BCUT2D eigenvalue weighted by atomic mass is 9.83. The number of rotatable bonds is 5. The Bertz CT molecular complexity index is 506. The number of fused-ring (bicyclic) bond motifs is 1. The van der Waals surface area contributed by atoms with Crippen LogP contribution in [0.25, 0.3) is 0 Å². The molecule has 6 nitrogen and oxygen atoms in total. The number of aliphatic hydroxyl groups excluding tert-OH is 1. The van der Waals surface area contributed by atoms with E-state index in [0.717, 1.165) is 43.5 Å². The maximum Gasteiger partial charge on any atom is 0.272 e. The Morgan fingerprint density at radius 2 is 2.19 bits per heavy atom. The zero-order valence-corrected chi connectivity index (χ0v) is 12.4. The Balaban J connectivity index is 1.65. The lowest BCUT2D eigenvalue weighted by Crippen LogP contribution is -2.37. The molecule has 4 N–H and O–H groups in total. The first-order valence-corrected chi connectivity index (χ1v) is 7.90. The van der Waals surface area contributed by atoms with E-state index in [4.69, 9.17) is 0 Å². The third-order valence-electron chi connectivity index (χ3n) is 4.95. The predicted molar refractivity (Wildman–Crippen MR) is 78.9 cm³/mol. The molecule has 1 fully saturated rings. The molecule has 0 atom stereocenters. The van der Waals surface area contributed by atoms with Gasteiger partial charge in [-0.25, -0.2) is 0 Å². The van der Waals surface area contributed by atoms with E-state index in [1.54, 1.807) is 0 Å². The molecule has 0 aromatic carbocycles. The van der Waals surface area contributed by atoms with E-state index in [1.807, 2.05) is 0 Å². The van der Waals surface area contributed by atoms with Crippen molar-refractivity contribution in [1.29, 1.82) is 0 Å². The monoisotopic (exact) mass is 292 g/mol. The maximum atomic E-state index is 12.4. The van der Waals surface area contributed by atoms with E-state index in [9.17, 15) is 9.90 Å². The second-order valence-corrected chi connectivity index (χ2v) is 6.32. The van der Waals surface area contributed by atoms with E-state index in [2.05, 4.69) is 20.8 Å². The number of aromatic amines is 1. The molecule has 0 unspecified atom stereocenters. The van der Waals surface area contributed by atoms with Gasteiger partial charge in [0.2, 0.25) is 0 Å². The fourth-order valence-electron chi connectivity index (χ4n) is 3.64. The number of H-pyrrole nitrogens is 1. The Morgan fingerprint density at radius 1 is 1.38 bits per heavy atom. The minimum atomic E-state index is -0.0968. The van der Waals surface area contributed by atoms with Crippen molar-refractivity contribution >= 4 is 5.91 Å². The average Bonchev–Trinajstić information content (AvgIpc) is 3.12. The van der Waals surface area contributed by atoms with Gasteiger partial charge >= 0.3 is 0 Å². The molecule has 3 rings (SSSR count). The molecule has 1 amide bonds. The van der Waals surface area contributed by atoms with Crippen molar-refractivity contribution in [2.45, 2.75) is 45.1 Å². The second kappa shape index (κ2) is 6.15. The van der Waals surface area contributed by atoms with Gasteiger partial charge in [-0.3, -0.25) is 9.89 Å². The molecule has 6 heteroatoms. The molecular formula is C15H24N4O2. The molecule has 0 bridgehead atoms. The summed E-state index contributed by atoms with van der Waals surface area (Å²) in [5.41, 5.74) is 2.68.